The topological polar surface area (TPSA) is 98.6 Å². The highest BCUT2D eigenvalue weighted by Crippen LogP contribution is 2.24. The molecule has 0 saturated carbocycles. The fraction of sp³-hybridized carbons (Fsp3) is 0.222. The molecule has 1 aromatic heterocycles. The summed E-state index contributed by atoms with van der Waals surface area (Å²) in [5.41, 5.74) is 1.25. The third-order valence-electron chi connectivity index (χ3n) is 4.29. The Hall–Kier alpha value is -3.13. The number of hydrogen-bond donors (Lipinski definition) is 0. The molecule has 140 valence electrons. The molecular weight excluding hydrogens is 374 g/mol. The van der Waals surface area contributed by atoms with Gasteiger partial charge in [0.15, 0.2) is 5.58 Å². The Kier molecular flexibility index (Phi) is 5.00. The maximum Gasteiger partial charge on any atom is 0.420 e. The van der Waals surface area contributed by atoms with Crippen LogP contribution >= 0.6 is 11.6 Å². The summed E-state index contributed by atoms with van der Waals surface area (Å²) in [6, 6.07) is 10.1. The molecule has 3 rings (SSSR count). The van der Waals surface area contributed by atoms with Crippen molar-refractivity contribution < 1.29 is 14.1 Å². The molecule has 1 amide bonds. The van der Waals surface area contributed by atoms with Crippen LogP contribution in [0.25, 0.3) is 11.1 Å². The minimum Gasteiger partial charge on any atom is -0.408 e. The number of amides is 1. The largest absolute Gasteiger partial charge is 0.420 e. The van der Waals surface area contributed by atoms with Gasteiger partial charge in [0.25, 0.3) is 5.69 Å². The molecule has 3 aromatic rings. The first-order chi connectivity index (χ1) is 12.8. The zero-order chi connectivity index (χ0) is 19.7. The highest BCUT2D eigenvalue weighted by atomic mass is 35.5. The number of oxazole rings is 1. The van der Waals surface area contributed by atoms with Gasteiger partial charge >= 0.3 is 5.76 Å². The molecule has 0 aliphatic carbocycles. The van der Waals surface area contributed by atoms with Gasteiger partial charge in [0.1, 0.15) is 6.04 Å². The predicted octanol–water partition coefficient (Wildman–Crippen LogP) is 3.38. The maximum absolute atomic E-state index is 12.8. The van der Waals surface area contributed by atoms with E-state index in [0.717, 1.165) is 0 Å². The number of nitro groups is 1. The van der Waals surface area contributed by atoms with Crippen LogP contribution in [-0.2, 0) is 11.3 Å². The normalized spacial score (nSPS) is 12.1. The number of nitro benzene ring substituents is 1. The molecule has 0 bridgehead atoms. The molecule has 1 atom stereocenters. The Morgan fingerprint density at radius 2 is 2.04 bits per heavy atom. The third-order valence-corrected chi connectivity index (χ3v) is 4.66. The van der Waals surface area contributed by atoms with Crippen molar-refractivity contribution in [1.82, 2.24) is 9.47 Å². The van der Waals surface area contributed by atoms with Gasteiger partial charge in [0.05, 0.1) is 10.4 Å². The number of benzene rings is 2. The highest BCUT2D eigenvalue weighted by molar-refractivity contribution is 6.31. The SMILES string of the molecule is CC(C(=O)N(C)Cc1cc([N+](=O)[O-])ccc1Cl)n1c(=O)oc2ccccc21. The summed E-state index contributed by atoms with van der Waals surface area (Å²) in [4.78, 5) is 36.8. The van der Waals surface area contributed by atoms with E-state index in [0.29, 0.717) is 21.7 Å². The minimum atomic E-state index is -0.816. The van der Waals surface area contributed by atoms with Crippen molar-refractivity contribution in [3.63, 3.8) is 0 Å². The van der Waals surface area contributed by atoms with Gasteiger partial charge in [-0.2, -0.15) is 0 Å². The summed E-state index contributed by atoms with van der Waals surface area (Å²) < 4.78 is 6.45. The molecule has 0 radical (unpaired) electrons. The Morgan fingerprint density at radius 3 is 2.74 bits per heavy atom. The number of hydrogen-bond acceptors (Lipinski definition) is 5. The van der Waals surface area contributed by atoms with Gasteiger partial charge in [0.2, 0.25) is 5.91 Å². The molecule has 0 aliphatic rings. The second kappa shape index (κ2) is 7.24. The first-order valence-corrected chi connectivity index (χ1v) is 8.45. The second-order valence-electron chi connectivity index (χ2n) is 6.11. The van der Waals surface area contributed by atoms with Crippen LogP contribution in [0.5, 0.6) is 0 Å². The zero-order valence-electron chi connectivity index (χ0n) is 14.6. The quantitative estimate of drug-likeness (QED) is 0.492. The van der Waals surface area contributed by atoms with E-state index in [1.807, 2.05) is 0 Å². The van der Waals surface area contributed by atoms with Crippen molar-refractivity contribution in [2.45, 2.75) is 19.5 Å². The number of nitrogens with zero attached hydrogens (tertiary/aromatic N) is 3. The van der Waals surface area contributed by atoms with E-state index >= 15 is 0 Å². The molecule has 1 unspecified atom stereocenters. The first-order valence-electron chi connectivity index (χ1n) is 8.07. The van der Waals surface area contributed by atoms with E-state index in [1.165, 1.54) is 27.7 Å². The Balaban J connectivity index is 1.87. The summed E-state index contributed by atoms with van der Waals surface area (Å²) in [5, 5.41) is 11.3. The molecule has 27 heavy (non-hydrogen) atoms. The van der Waals surface area contributed by atoms with E-state index in [9.17, 15) is 19.7 Å². The predicted molar refractivity (Wildman–Crippen MR) is 99.8 cm³/mol. The lowest BCUT2D eigenvalue weighted by Crippen LogP contribution is -2.35. The molecule has 9 heteroatoms. The monoisotopic (exact) mass is 389 g/mol. The number of non-ortho nitro benzene ring substituents is 1. The molecule has 0 fully saturated rings. The molecule has 0 N–H and O–H groups in total. The average Bonchev–Trinajstić information content (AvgIpc) is 2.97. The lowest BCUT2D eigenvalue weighted by Gasteiger charge is -2.22. The molecular formula is C18H16ClN3O5. The first kappa shape index (κ1) is 18.7. The Morgan fingerprint density at radius 1 is 1.33 bits per heavy atom. The summed E-state index contributed by atoms with van der Waals surface area (Å²) in [5.74, 6) is -0.981. The maximum atomic E-state index is 12.8. The van der Waals surface area contributed by atoms with Crippen LogP contribution in [-0.4, -0.2) is 27.3 Å². The fourth-order valence-corrected chi connectivity index (χ4v) is 3.09. The van der Waals surface area contributed by atoms with Crippen LogP contribution in [0.2, 0.25) is 5.02 Å². The van der Waals surface area contributed by atoms with Crippen molar-refractivity contribution >= 4 is 34.3 Å². The van der Waals surface area contributed by atoms with E-state index in [1.54, 1.807) is 38.2 Å². The van der Waals surface area contributed by atoms with Crippen LogP contribution < -0.4 is 5.76 Å². The van der Waals surface area contributed by atoms with Crippen molar-refractivity contribution in [3.05, 3.63) is 73.7 Å². The number of fused-ring (bicyclic) bond motifs is 1. The van der Waals surface area contributed by atoms with Gasteiger partial charge in [-0.15, -0.1) is 0 Å². The molecule has 0 aliphatic heterocycles. The van der Waals surface area contributed by atoms with Crippen molar-refractivity contribution in [2.24, 2.45) is 0 Å². The number of rotatable bonds is 5. The van der Waals surface area contributed by atoms with Crippen LogP contribution in [0.15, 0.2) is 51.7 Å². The van der Waals surface area contributed by atoms with Gasteiger partial charge in [-0.05, 0) is 30.7 Å². The average molecular weight is 390 g/mol. The van der Waals surface area contributed by atoms with Gasteiger partial charge in [-0.3, -0.25) is 19.5 Å². The van der Waals surface area contributed by atoms with E-state index in [4.69, 9.17) is 16.0 Å². The van der Waals surface area contributed by atoms with Crippen molar-refractivity contribution in [1.29, 1.82) is 0 Å². The standard InChI is InChI=1S/C18H16ClN3O5/c1-11(21-15-5-3-4-6-16(15)27-18(21)24)17(23)20(2)10-12-9-13(22(25)26)7-8-14(12)19/h3-9,11H,10H2,1-2H3. The van der Waals surface area contributed by atoms with E-state index in [-0.39, 0.29) is 18.1 Å². The summed E-state index contributed by atoms with van der Waals surface area (Å²) >= 11 is 6.10. The number of para-hydroxylation sites is 2. The van der Waals surface area contributed by atoms with Crippen LogP contribution in [0.4, 0.5) is 5.69 Å². The smallest absolute Gasteiger partial charge is 0.408 e. The van der Waals surface area contributed by atoms with Gasteiger partial charge in [-0.1, -0.05) is 23.7 Å². The van der Waals surface area contributed by atoms with Gasteiger partial charge < -0.3 is 9.32 Å². The van der Waals surface area contributed by atoms with Crippen molar-refractivity contribution in [3.8, 4) is 0 Å². The van der Waals surface area contributed by atoms with Crippen LogP contribution in [0.1, 0.15) is 18.5 Å². The summed E-state index contributed by atoms with van der Waals surface area (Å²) in [7, 11) is 1.54. The number of aromatic nitrogens is 1. The summed E-state index contributed by atoms with van der Waals surface area (Å²) in [6.45, 7) is 1.66. The second-order valence-corrected chi connectivity index (χ2v) is 6.52. The van der Waals surface area contributed by atoms with Gasteiger partial charge in [0, 0.05) is 30.7 Å². The highest BCUT2D eigenvalue weighted by Gasteiger charge is 2.25. The molecule has 8 nitrogen and oxygen atoms in total. The van der Waals surface area contributed by atoms with E-state index in [2.05, 4.69) is 0 Å². The molecule has 1 heterocycles. The number of likely N-dealkylation sites (N-methyl/N-ethyl adjacent to an activating group) is 1. The third kappa shape index (κ3) is 3.56. The van der Waals surface area contributed by atoms with Gasteiger partial charge in [-0.25, -0.2) is 4.79 Å². The Labute approximate surface area is 158 Å². The lowest BCUT2D eigenvalue weighted by molar-refractivity contribution is -0.384. The number of carbonyl (C=O) groups is 1. The zero-order valence-corrected chi connectivity index (χ0v) is 15.3. The number of halogens is 1. The van der Waals surface area contributed by atoms with Crippen LogP contribution in [0, 0.1) is 10.1 Å². The molecule has 0 spiro atoms. The lowest BCUT2D eigenvalue weighted by atomic mass is 10.1. The van der Waals surface area contributed by atoms with Crippen molar-refractivity contribution in [2.75, 3.05) is 7.05 Å². The minimum absolute atomic E-state index is 0.0637. The van der Waals surface area contributed by atoms with Crippen LogP contribution in [0.3, 0.4) is 0 Å². The number of carbonyl (C=O) groups excluding carboxylic acids is 1. The summed E-state index contributed by atoms with van der Waals surface area (Å²) in [6.07, 6.45) is 0. The molecule has 2 aromatic carbocycles. The van der Waals surface area contributed by atoms with E-state index < -0.39 is 16.7 Å². The molecule has 0 saturated heterocycles. The Bertz CT molecular complexity index is 1090. The fourth-order valence-electron chi connectivity index (χ4n) is 2.91.